The lowest BCUT2D eigenvalue weighted by atomic mass is 9.95. The van der Waals surface area contributed by atoms with Gasteiger partial charge >= 0.3 is 0 Å². The van der Waals surface area contributed by atoms with Crippen molar-refractivity contribution >= 4 is 15.9 Å². The van der Waals surface area contributed by atoms with Crippen molar-refractivity contribution in [1.82, 2.24) is 0 Å². The van der Waals surface area contributed by atoms with E-state index < -0.39 is 0 Å². The largest absolute Gasteiger partial charge is 0.0928 e. The van der Waals surface area contributed by atoms with Crippen molar-refractivity contribution in [2.45, 2.75) is 84.5 Å². The average molecular weight is 291 g/mol. The summed E-state index contributed by atoms with van der Waals surface area (Å²) in [7, 11) is 0. The average Bonchev–Trinajstić information content (AvgIpc) is 2.32. The Kier molecular flexibility index (Phi) is 14.0. The van der Waals surface area contributed by atoms with Crippen molar-refractivity contribution in [2.24, 2.45) is 5.92 Å². The summed E-state index contributed by atoms with van der Waals surface area (Å²) in [6, 6.07) is 0. The van der Waals surface area contributed by atoms with Crippen molar-refractivity contribution in [1.29, 1.82) is 0 Å². The zero-order chi connectivity index (χ0) is 12.1. The first-order chi connectivity index (χ1) is 7.85. The van der Waals surface area contributed by atoms with Crippen LogP contribution in [0.2, 0.25) is 0 Å². The minimum atomic E-state index is 0.999. The number of hydrogen-bond acceptors (Lipinski definition) is 0. The molecule has 0 atom stereocenters. The van der Waals surface area contributed by atoms with Crippen LogP contribution < -0.4 is 0 Å². The molecule has 0 aromatic carbocycles. The van der Waals surface area contributed by atoms with Crippen LogP contribution in [0.25, 0.3) is 0 Å². The number of hydrogen-bond donors (Lipinski definition) is 0. The highest BCUT2D eigenvalue weighted by molar-refractivity contribution is 9.09. The van der Waals surface area contributed by atoms with E-state index in [4.69, 9.17) is 0 Å². The van der Waals surface area contributed by atoms with Gasteiger partial charge in [-0.05, 0) is 12.3 Å². The van der Waals surface area contributed by atoms with Crippen LogP contribution in [0.15, 0.2) is 0 Å². The highest BCUT2D eigenvalue weighted by Gasteiger charge is 2.02. The Balaban J connectivity index is 3.03. The molecule has 0 aliphatic carbocycles. The van der Waals surface area contributed by atoms with Gasteiger partial charge in [0.2, 0.25) is 0 Å². The summed E-state index contributed by atoms with van der Waals surface area (Å²) in [6.45, 7) is 4.66. The van der Waals surface area contributed by atoms with Gasteiger partial charge in [0.25, 0.3) is 0 Å². The molecule has 0 nitrogen and oxygen atoms in total. The Morgan fingerprint density at radius 2 is 1.12 bits per heavy atom. The lowest BCUT2D eigenvalue weighted by Gasteiger charge is -2.11. The highest BCUT2D eigenvalue weighted by atomic mass is 79.9. The standard InChI is InChI=1S/C15H31Br/c1-3-15(4-2)13-11-9-7-5-6-8-10-12-14-16/h15H,3-14H2,1-2H3. The molecule has 0 aromatic heterocycles. The van der Waals surface area contributed by atoms with Gasteiger partial charge < -0.3 is 0 Å². The maximum absolute atomic E-state index is 3.48. The monoisotopic (exact) mass is 290 g/mol. The fourth-order valence-corrected chi connectivity index (χ4v) is 2.68. The van der Waals surface area contributed by atoms with Gasteiger partial charge in [-0.1, -0.05) is 94.0 Å². The van der Waals surface area contributed by atoms with Gasteiger partial charge in [0.1, 0.15) is 0 Å². The molecule has 1 heteroatoms. The van der Waals surface area contributed by atoms with E-state index in [0.29, 0.717) is 0 Å². The first kappa shape index (κ1) is 16.5. The van der Waals surface area contributed by atoms with Crippen LogP contribution in [0.3, 0.4) is 0 Å². The predicted octanol–water partition coefficient (Wildman–Crippen LogP) is 6.33. The number of rotatable bonds is 12. The molecule has 0 amide bonds. The van der Waals surface area contributed by atoms with Gasteiger partial charge in [0.15, 0.2) is 0 Å². The Bertz CT molecular complexity index is 119. The van der Waals surface area contributed by atoms with Crippen LogP contribution in [0.4, 0.5) is 0 Å². The van der Waals surface area contributed by atoms with E-state index in [9.17, 15) is 0 Å². The molecule has 0 aromatic rings. The predicted molar refractivity (Wildman–Crippen MR) is 79.4 cm³/mol. The molecular weight excluding hydrogens is 260 g/mol. The lowest BCUT2D eigenvalue weighted by molar-refractivity contribution is 0.426. The van der Waals surface area contributed by atoms with E-state index in [-0.39, 0.29) is 0 Å². The van der Waals surface area contributed by atoms with E-state index >= 15 is 0 Å². The van der Waals surface area contributed by atoms with E-state index in [1.165, 1.54) is 76.0 Å². The van der Waals surface area contributed by atoms with Crippen molar-refractivity contribution in [3.8, 4) is 0 Å². The van der Waals surface area contributed by atoms with E-state index in [1.807, 2.05) is 0 Å². The van der Waals surface area contributed by atoms with E-state index in [1.54, 1.807) is 0 Å². The van der Waals surface area contributed by atoms with Gasteiger partial charge in [-0.3, -0.25) is 0 Å². The van der Waals surface area contributed by atoms with Crippen LogP contribution in [0.5, 0.6) is 0 Å². The molecule has 0 fully saturated rings. The fraction of sp³-hybridized carbons (Fsp3) is 1.00. The maximum atomic E-state index is 3.48. The second-order valence-corrected chi connectivity index (χ2v) is 5.78. The fourth-order valence-electron chi connectivity index (χ4n) is 2.29. The number of halogens is 1. The van der Waals surface area contributed by atoms with Crippen molar-refractivity contribution in [3.63, 3.8) is 0 Å². The highest BCUT2D eigenvalue weighted by Crippen LogP contribution is 2.17. The summed E-state index contributed by atoms with van der Waals surface area (Å²) in [5.74, 6) is 0.999. The third kappa shape index (κ3) is 11.0. The van der Waals surface area contributed by atoms with Gasteiger partial charge in [0, 0.05) is 5.33 Å². The zero-order valence-corrected chi connectivity index (χ0v) is 13.0. The Hall–Kier alpha value is 0.480. The molecule has 0 aliphatic heterocycles. The number of unbranched alkanes of at least 4 members (excludes halogenated alkanes) is 7. The Morgan fingerprint density at radius 3 is 1.56 bits per heavy atom. The normalized spacial score (nSPS) is 11.2. The summed E-state index contributed by atoms with van der Waals surface area (Å²) >= 11 is 3.48. The minimum Gasteiger partial charge on any atom is -0.0928 e. The van der Waals surface area contributed by atoms with Crippen LogP contribution in [0, 0.1) is 5.92 Å². The van der Waals surface area contributed by atoms with Crippen LogP contribution >= 0.6 is 15.9 Å². The third-order valence-electron chi connectivity index (χ3n) is 3.65. The van der Waals surface area contributed by atoms with Gasteiger partial charge in [-0.15, -0.1) is 0 Å². The molecule has 0 unspecified atom stereocenters. The Labute approximate surface area is 112 Å². The molecule has 0 saturated heterocycles. The quantitative estimate of drug-likeness (QED) is 0.291. The maximum Gasteiger partial charge on any atom is 0.00313 e. The van der Waals surface area contributed by atoms with Crippen molar-refractivity contribution in [2.75, 3.05) is 5.33 Å². The summed E-state index contributed by atoms with van der Waals surface area (Å²) in [6.07, 6.45) is 15.8. The summed E-state index contributed by atoms with van der Waals surface area (Å²) in [5, 5.41) is 1.18. The molecule has 0 bridgehead atoms. The first-order valence-corrected chi connectivity index (χ1v) is 8.53. The first-order valence-electron chi connectivity index (χ1n) is 7.41. The van der Waals surface area contributed by atoms with Crippen LogP contribution in [-0.4, -0.2) is 5.33 Å². The molecule has 0 N–H and O–H groups in total. The molecular formula is C15H31Br. The minimum absolute atomic E-state index is 0.999. The molecule has 0 saturated carbocycles. The molecule has 98 valence electrons. The summed E-state index contributed by atoms with van der Waals surface area (Å²) < 4.78 is 0. The third-order valence-corrected chi connectivity index (χ3v) is 4.21. The summed E-state index contributed by atoms with van der Waals surface area (Å²) in [5.41, 5.74) is 0. The van der Waals surface area contributed by atoms with Gasteiger partial charge in [-0.2, -0.15) is 0 Å². The van der Waals surface area contributed by atoms with Gasteiger partial charge in [-0.25, -0.2) is 0 Å². The SMILES string of the molecule is CCC(CC)CCCCCCCCCCBr. The zero-order valence-electron chi connectivity index (χ0n) is 11.4. The second kappa shape index (κ2) is 13.5. The molecule has 16 heavy (non-hydrogen) atoms. The topological polar surface area (TPSA) is 0 Å². The van der Waals surface area contributed by atoms with Crippen LogP contribution in [-0.2, 0) is 0 Å². The molecule has 0 spiro atoms. The number of alkyl halides is 1. The Morgan fingerprint density at radius 1 is 0.688 bits per heavy atom. The van der Waals surface area contributed by atoms with Gasteiger partial charge in [0.05, 0.1) is 0 Å². The summed E-state index contributed by atoms with van der Waals surface area (Å²) in [4.78, 5) is 0. The van der Waals surface area contributed by atoms with Crippen LogP contribution in [0.1, 0.15) is 84.5 Å². The van der Waals surface area contributed by atoms with E-state index in [0.717, 1.165) is 5.92 Å². The molecule has 0 heterocycles. The molecule has 0 aliphatic rings. The molecule has 0 rings (SSSR count). The molecule has 0 radical (unpaired) electrons. The second-order valence-electron chi connectivity index (χ2n) is 4.99. The smallest absolute Gasteiger partial charge is 0.00313 e. The van der Waals surface area contributed by atoms with Crippen molar-refractivity contribution < 1.29 is 0 Å². The lowest BCUT2D eigenvalue weighted by Crippen LogP contribution is -1.96. The van der Waals surface area contributed by atoms with Crippen molar-refractivity contribution in [3.05, 3.63) is 0 Å². The van der Waals surface area contributed by atoms with E-state index in [2.05, 4.69) is 29.8 Å².